The molecule has 0 aliphatic carbocycles. The predicted octanol–water partition coefficient (Wildman–Crippen LogP) is 2.55. The Kier molecular flexibility index (Phi) is 3.49. The lowest BCUT2D eigenvalue weighted by Gasteiger charge is -2.28. The normalized spacial score (nSPS) is 25.0. The van der Waals surface area contributed by atoms with Crippen molar-refractivity contribution in [2.75, 3.05) is 13.1 Å². The van der Waals surface area contributed by atoms with Gasteiger partial charge in [-0.1, -0.05) is 39.8 Å². The zero-order chi connectivity index (χ0) is 13.4. The minimum absolute atomic E-state index is 0.0309. The Morgan fingerprint density at radius 1 is 1.39 bits per heavy atom. The molecule has 1 N–H and O–H groups in total. The summed E-state index contributed by atoms with van der Waals surface area (Å²) in [7, 11) is 0. The first-order valence-electron chi connectivity index (χ1n) is 6.87. The van der Waals surface area contributed by atoms with E-state index in [1.807, 2.05) is 0 Å². The summed E-state index contributed by atoms with van der Waals surface area (Å²) in [6, 6.07) is 0. The molecule has 1 aliphatic heterocycles. The van der Waals surface area contributed by atoms with Crippen molar-refractivity contribution >= 4 is 0 Å². The highest BCUT2D eigenvalue weighted by Gasteiger charge is 2.43. The molecule has 1 aliphatic rings. The number of hydrogen-bond acceptors (Lipinski definition) is 4. The molecular formula is C14H25N3O. The molecule has 0 radical (unpaired) electrons. The third-order valence-corrected chi connectivity index (χ3v) is 3.88. The smallest absolute Gasteiger partial charge is 0.234 e. The lowest BCUT2D eigenvalue weighted by molar-refractivity contribution is 0.233. The summed E-state index contributed by atoms with van der Waals surface area (Å²) in [5.74, 6) is 2.17. The van der Waals surface area contributed by atoms with E-state index in [9.17, 15) is 0 Å². The second-order valence-corrected chi connectivity index (χ2v) is 6.99. The number of nitrogens with zero attached hydrogens (tertiary/aromatic N) is 2. The van der Waals surface area contributed by atoms with Gasteiger partial charge in [0.25, 0.3) is 0 Å². The highest BCUT2D eigenvalue weighted by atomic mass is 16.5. The Hall–Kier alpha value is -0.900. The Bertz CT molecular complexity index is 397. The lowest BCUT2D eigenvalue weighted by atomic mass is 9.76. The maximum absolute atomic E-state index is 5.56. The highest BCUT2D eigenvalue weighted by Crippen LogP contribution is 2.37. The first-order valence-corrected chi connectivity index (χ1v) is 6.87. The SMILES string of the molecule is CC(C)C1(c2nc(CC(C)(C)C)no2)CCNC1. The van der Waals surface area contributed by atoms with Crippen LogP contribution in [0.4, 0.5) is 0 Å². The van der Waals surface area contributed by atoms with Crippen LogP contribution in [0.15, 0.2) is 4.52 Å². The summed E-state index contributed by atoms with van der Waals surface area (Å²) in [6.45, 7) is 13.0. The molecule has 1 saturated heterocycles. The van der Waals surface area contributed by atoms with Crippen molar-refractivity contribution < 1.29 is 4.52 Å². The molecular weight excluding hydrogens is 226 g/mol. The number of rotatable bonds is 3. The van der Waals surface area contributed by atoms with Crippen molar-refractivity contribution in [1.82, 2.24) is 15.5 Å². The molecule has 1 unspecified atom stereocenters. The van der Waals surface area contributed by atoms with E-state index in [1.54, 1.807) is 0 Å². The minimum Gasteiger partial charge on any atom is -0.339 e. The zero-order valence-electron chi connectivity index (χ0n) is 12.2. The van der Waals surface area contributed by atoms with E-state index in [2.05, 4.69) is 50.1 Å². The van der Waals surface area contributed by atoms with Crippen molar-refractivity contribution in [2.24, 2.45) is 11.3 Å². The fraction of sp³-hybridized carbons (Fsp3) is 0.857. The van der Waals surface area contributed by atoms with Crippen molar-refractivity contribution in [3.63, 3.8) is 0 Å². The molecule has 4 heteroatoms. The molecule has 0 spiro atoms. The van der Waals surface area contributed by atoms with Gasteiger partial charge in [-0.15, -0.1) is 0 Å². The van der Waals surface area contributed by atoms with Gasteiger partial charge in [-0.05, 0) is 24.3 Å². The quantitative estimate of drug-likeness (QED) is 0.897. The Morgan fingerprint density at radius 3 is 2.61 bits per heavy atom. The summed E-state index contributed by atoms with van der Waals surface area (Å²) in [6.07, 6.45) is 1.94. The van der Waals surface area contributed by atoms with Crippen LogP contribution in [0.1, 0.15) is 52.8 Å². The van der Waals surface area contributed by atoms with Gasteiger partial charge < -0.3 is 9.84 Å². The molecule has 0 saturated carbocycles. The Morgan fingerprint density at radius 2 is 2.11 bits per heavy atom. The maximum atomic E-state index is 5.56. The Labute approximate surface area is 110 Å². The van der Waals surface area contributed by atoms with E-state index < -0.39 is 0 Å². The van der Waals surface area contributed by atoms with Crippen LogP contribution in [0.3, 0.4) is 0 Å². The highest BCUT2D eigenvalue weighted by molar-refractivity contribution is 5.12. The van der Waals surface area contributed by atoms with E-state index >= 15 is 0 Å². The molecule has 102 valence electrons. The van der Waals surface area contributed by atoms with Crippen molar-refractivity contribution in [3.05, 3.63) is 11.7 Å². The second-order valence-electron chi connectivity index (χ2n) is 6.99. The summed E-state index contributed by atoms with van der Waals surface area (Å²) in [5.41, 5.74) is 0.225. The van der Waals surface area contributed by atoms with E-state index in [4.69, 9.17) is 4.52 Å². The maximum Gasteiger partial charge on any atom is 0.234 e. The third-order valence-electron chi connectivity index (χ3n) is 3.88. The fourth-order valence-corrected chi connectivity index (χ4v) is 2.64. The van der Waals surface area contributed by atoms with Crippen LogP contribution in [0.25, 0.3) is 0 Å². The van der Waals surface area contributed by atoms with Crippen LogP contribution in [-0.4, -0.2) is 23.2 Å². The van der Waals surface area contributed by atoms with E-state index in [0.717, 1.165) is 37.6 Å². The number of hydrogen-bond donors (Lipinski definition) is 1. The average molecular weight is 251 g/mol. The van der Waals surface area contributed by atoms with Gasteiger partial charge in [0.1, 0.15) is 0 Å². The van der Waals surface area contributed by atoms with Gasteiger partial charge in [-0.25, -0.2) is 0 Å². The summed E-state index contributed by atoms with van der Waals surface area (Å²) < 4.78 is 5.56. The van der Waals surface area contributed by atoms with E-state index in [-0.39, 0.29) is 10.8 Å². The summed E-state index contributed by atoms with van der Waals surface area (Å²) >= 11 is 0. The van der Waals surface area contributed by atoms with Gasteiger partial charge in [0.2, 0.25) is 5.89 Å². The van der Waals surface area contributed by atoms with E-state index in [1.165, 1.54) is 0 Å². The minimum atomic E-state index is 0.0309. The van der Waals surface area contributed by atoms with Gasteiger partial charge in [-0.2, -0.15) is 4.98 Å². The van der Waals surface area contributed by atoms with Crippen molar-refractivity contribution in [3.8, 4) is 0 Å². The zero-order valence-corrected chi connectivity index (χ0v) is 12.2. The van der Waals surface area contributed by atoms with Gasteiger partial charge in [0, 0.05) is 13.0 Å². The van der Waals surface area contributed by atoms with Gasteiger partial charge in [-0.3, -0.25) is 0 Å². The predicted molar refractivity (Wildman–Crippen MR) is 71.5 cm³/mol. The lowest BCUT2D eigenvalue weighted by Crippen LogP contribution is -2.35. The van der Waals surface area contributed by atoms with Crippen molar-refractivity contribution in [2.45, 2.75) is 52.9 Å². The molecule has 0 amide bonds. The van der Waals surface area contributed by atoms with Crippen LogP contribution >= 0.6 is 0 Å². The molecule has 1 fully saturated rings. The first kappa shape index (κ1) is 13.5. The molecule has 1 aromatic heterocycles. The van der Waals surface area contributed by atoms with Crippen LogP contribution < -0.4 is 5.32 Å². The van der Waals surface area contributed by atoms with E-state index in [0.29, 0.717) is 5.92 Å². The number of aromatic nitrogens is 2. The molecule has 4 nitrogen and oxygen atoms in total. The summed E-state index contributed by atoms with van der Waals surface area (Å²) in [5, 5.41) is 7.58. The average Bonchev–Trinajstić information content (AvgIpc) is 2.82. The van der Waals surface area contributed by atoms with Crippen LogP contribution in [-0.2, 0) is 11.8 Å². The summed E-state index contributed by atoms with van der Waals surface area (Å²) in [4.78, 5) is 4.65. The largest absolute Gasteiger partial charge is 0.339 e. The van der Waals surface area contributed by atoms with Crippen LogP contribution in [0, 0.1) is 11.3 Å². The van der Waals surface area contributed by atoms with Crippen LogP contribution in [0.5, 0.6) is 0 Å². The van der Waals surface area contributed by atoms with Gasteiger partial charge in [0.15, 0.2) is 5.82 Å². The Balaban J connectivity index is 2.23. The molecule has 1 atom stereocenters. The van der Waals surface area contributed by atoms with Crippen LogP contribution in [0.2, 0.25) is 0 Å². The van der Waals surface area contributed by atoms with Gasteiger partial charge >= 0.3 is 0 Å². The third kappa shape index (κ3) is 2.58. The monoisotopic (exact) mass is 251 g/mol. The fourth-order valence-electron chi connectivity index (χ4n) is 2.64. The number of nitrogens with one attached hydrogen (secondary N) is 1. The molecule has 0 aromatic carbocycles. The first-order chi connectivity index (χ1) is 8.33. The van der Waals surface area contributed by atoms with Gasteiger partial charge in [0.05, 0.1) is 5.41 Å². The second kappa shape index (κ2) is 4.65. The molecule has 18 heavy (non-hydrogen) atoms. The standard InChI is InChI=1S/C14H25N3O/c1-10(2)14(6-7-15-9-14)12-16-11(17-18-12)8-13(3,4)5/h10,15H,6-9H2,1-5H3. The molecule has 1 aromatic rings. The molecule has 0 bridgehead atoms. The topological polar surface area (TPSA) is 51.0 Å². The molecule has 2 heterocycles. The van der Waals surface area contributed by atoms with Crippen molar-refractivity contribution in [1.29, 1.82) is 0 Å². The molecule has 2 rings (SSSR count).